The predicted octanol–water partition coefficient (Wildman–Crippen LogP) is 10.7. The largest absolute Gasteiger partial charge is 0.308 e. The summed E-state index contributed by atoms with van der Waals surface area (Å²) >= 11 is 5.54. The van der Waals surface area contributed by atoms with Crippen LogP contribution < -0.4 is 0 Å². The third-order valence-electron chi connectivity index (χ3n) is 8.15. The van der Waals surface area contributed by atoms with Crippen LogP contribution in [0.4, 0.5) is 0 Å². The summed E-state index contributed by atoms with van der Waals surface area (Å²) in [6.45, 7) is 0. The van der Waals surface area contributed by atoms with Crippen LogP contribution in [0.2, 0.25) is 0 Å². The van der Waals surface area contributed by atoms with E-state index >= 15 is 0 Å². The lowest BCUT2D eigenvalue weighted by Crippen LogP contribution is -1.94. The van der Waals surface area contributed by atoms with Crippen LogP contribution in [-0.4, -0.2) is 14.5 Å². The Labute approximate surface area is 239 Å². The van der Waals surface area contributed by atoms with Gasteiger partial charge in [-0.1, -0.05) is 54.6 Å². The number of fused-ring (bicyclic) bond motifs is 15. The molecule has 0 saturated carbocycles. The van der Waals surface area contributed by atoms with Gasteiger partial charge in [0.05, 0.1) is 11.0 Å². The van der Waals surface area contributed by atoms with Gasteiger partial charge < -0.3 is 4.57 Å². The summed E-state index contributed by atoms with van der Waals surface area (Å²) in [6.07, 6.45) is 3.66. The van der Waals surface area contributed by atoms with Crippen molar-refractivity contribution in [2.75, 3.05) is 0 Å². The topological polar surface area (TPSA) is 30.7 Å². The molecule has 0 amide bonds. The number of para-hydroxylation sites is 1. The van der Waals surface area contributed by atoms with Gasteiger partial charge in [0.15, 0.2) is 0 Å². The van der Waals surface area contributed by atoms with Gasteiger partial charge in [0.2, 0.25) is 0 Å². The van der Waals surface area contributed by atoms with Crippen molar-refractivity contribution >= 4 is 116 Å². The van der Waals surface area contributed by atoms with E-state index in [-0.39, 0.29) is 0 Å². The Morgan fingerprint density at radius 3 is 2.15 bits per heavy atom. The molecule has 0 bridgehead atoms. The number of benzene rings is 5. The fraction of sp³-hybridized carbons (Fsp3) is 0. The highest BCUT2D eigenvalue weighted by Gasteiger charge is 2.24. The van der Waals surface area contributed by atoms with Crippen LogP contribution in [0.25, 0.3) is 88.1 Å². The maximum absolute atomic E-state index is 4.69. The fourth-order valence-corrected chi connectivity index (χ4v) is 10.1. The number of hydrogen-bond acceptors (Lipinski definition) is 5. The Bertz CT molecular complexity index is 2640. The smallest absolute Gasteiger partial charge is 0.127 e. The Morgan fingerprint density at radius 2 is 1.25 bits per heavy atom. The minimum atomic E-state index is 1.04. The molecular weight excluding hydrogens is 547 g/mol. The lowest BCUT2D eigenvalue weighted by atomic mass is 10.0. The quantitative estimate of drug-likeness (QED) is 0.199. The molecule has 5 aromatic heterocycles. The molecule has 0 unspecified atom stereocenters. The van der Waals surface area contributed by atoms with Crippen LogP contribution >= 0.6 is 34.0 Å². The molecule has 0 aliphatic heterocycles. The van der Waals surface area contributed by atoms with Gasteiger partial charge in [-0.2, -0.15) is 0 Å². The van der Waals surface area contributed by atoms with Gasteiger partial charge in [-0.15, -0.1) is 34.0 Å². The van der Waals surface area contributed by atoms with Crippen LogP contribution in [-0.2, 0) is 0 Å². The number of rotatable bonds is 1. The van der Waals surface area contributed by atoms with E-state index in [1.807, 2.05) is 28.9 Å². The molecule has 0 radical (unpaired) electrons. The normalized spacial score (nSPS) is 12.5. The molecule has 5 heterocycles. The van der Waals surface area contributed by atoms with E-state index in [4.69, 9.17) is 4.98 Å². The summed E-state index contributed by atoms with van der Waals surface area (Å²) in [6, 6.07) is 33.4. The van der Waals surface area contributed by atoms with E-state index in [0.29, 0.717) is 0 Å². The molecule has 3 nitrogen and oxygen atoms in total. The van der Waals surface area contributed by atoms with Crippen molar-refractivity contribution in [2.24, 2.45) is 0 Å². The highest BCUT2D eigenvalue weighted by molar-refractivity contribution is 7.30. The summed E-state index contributed by atoms with van der Waals surface area (Å²) in [5, 5.41) is 10.3. The molecule has 0 spiro atoms. The first-order valence-electron chi connectivity index (χ1n) is 13.2. The molecule has 40 heavy (non-hydrogen) atoms. The van der Waals surface area contributed by atoms with Gasteiger partial charge >= 0.3 is 0 Å². The van der Waals surface area contributed by atoms with Gasteiger partial charge in [0.25, 0.3) is 0 Å². The van der Waals surface area contributed by atoms with E-state index in [1.54, 1.807) is 17.7 Å². The van der Waals surface area contributed by atoms with Crippen molar-refractivity contribution in [1.82, 2.24) is 14.5 Å². The molecule has 0 saturated heterocycles. The summed E-state index contributed by atoms with van der Waals surface area (Å²) in [5.41, 5.74) is 3.70. The molecule has 0 aliphatic rings. The molecule has 10 aromatic rings. The molecule has 6 heteroatoms. The number of aromatic nitrogens is 3. The lowest BCUT2D eigenvalue weighted by molar-refractivity contribution is 1.19. The molecular formula is C34H17N3S3. The van der Waals surface area contributed by atoms with Crippen LogP contribution in [0.1, 0.15) is 0 Å². The highest BCUT2D eigenvalue weighted by Crippen LogP contribution is 2.51. The highest BCUT2D eigenvalue weighted by atomic mass is 32.1. The standard InChI is InChI=1S/C34H17N3S3/c1-4-10-24-20(8-1)28-31(37(24)18-13-14-27-22(15-18)19-7-2-5-11-25(19)38-27)29-21-9-3-6-12-26(21)39-32(29)30-23-16-35-17-36-34(23)40-33(28)30/h1-17H. The van der Waals surface area contributed by atoms with Gasteiger partial charge in [-0.05, 0) is 36.4 Å². The zero-order chi connectivity index (χ0) is 25.9. The molecule has 186 valence electrons. The fourth-order valence-electron chi connectivity index (χ4n) is 6.53. The summed E-state index contributed by atoms with van der Waals surface area (Å²) < 4.78 is 9.07. The van der Waals surface area contributed by atoms with Crippen molar-refractivity contribution in [2.45, 2.75) is 0 Å². The number of nitrogens with zero attached hydrogens (tertiary/aromatic N) is 3. The van der Waals surface area contributed by atoms with Crippen molar-refractivity contribution < 1.29 is 0 Å². The molecule has 0 N–H and O–H groups in total. The number of thiophene rings is 3. The van der Waals surface area contributed by atoms with Crippen LogP contribution in [0.15, 0.2) is 104 Å². The molecule has 5 aromatic carbocycles. The first-order valence-corrected chi connectivity index (χ1v) is 15.6. The molecule has 0 aliphatic carbocycles. The van der Waals surface area contributed by atoms with Gasteiger partial charge in [-0.25, -0.2) is 9.97 Å². The average Bonchev–Trinajstić information content (AvgIpc) is 3.75. The molecule has 0 atom stereocenters. The van der Waals surface area contributed by atoms with Gasteiger partial charge in [-0.3, -0.25) is 0 Å². The Hall–Kier alpha value is -4.36. The Balaban J connectivity index is 1.50. The third-order valence-corrected chi connectivity index (χ3v) is 11.6. The average molecular weight is 564 g/mol. The van der Waals surface area contributed by atoms with Crippen molar-refractivity contribution in [3.05, 3.63) is 104 Å². The van der Waals surface area contributed by atoms with Crippen molar-refractivity contribution in [3.63, 3.8) is 0 Å². The second-order valence-electron chi connectivity index (χ2n) is 10.2. The minimum absolute atomic E-state index is 1.04. The molecule has 0 fully saturated rings. The Morgan fingerprint density at radius 1 is 0.550 bits per heavy atom. The van der Waals surface area contributed by atoms with Crippen LogP contribution in [0.3, 0.4) is 0 Å². The number of hydrogen-bond donors (Lipinski definition) is 0. The van der Waals surface area contributed by atoms with Gasteiger partial charge in [0, 0.05) is 78.5 Å². The first kappa shape index (κ1) is 21.5. The minimum Gasteiger partial charge on any atom is -0.308 e. The second-order valence-corrected chi connectivity index (χ2v) is 13.3. The first-order chi connectivity index (χ1) is 19.8. The maximum Gasteiger partial charge on any atom is 0.127 e. The van der Waals surface area contributed by atoms with Crippen LogP contribution in [0, 0.1) is 0 Å². The summed E-state index contributed by atoms with van der Waals surface area (Å²) in [5.74, 6) is 0. The monoisotopic (exact) mass is 563 g/mol. The lowest BCUT2D eigenvalue weighted by Gasteiger charge is -2.10. The van der Waals surface area contributed by atoms with Gasteiger partial charge in [0.1, 0.15) is 11.2 Å². The van der Waals surface area contributed by atoms with Crippen molar-refractivity contribution in [1.29, 1.82) is 0 Å². The summed E-state index contributed by atoms with van der Waals surface area (Å²) in [4.78, 5) is 10.2. The Kier molecular flexibility index (Phi) is 4.10. The van der Waals surface area contributed by atoms with E-state index in [1.165, 1.54) is 77.9 Å². The van der Waals surface area contributed by atoms with E-state index in [0.717, 1.165) is 10.2 Å². The second kappa shape index (κ2) is 7.64. The maximum atomic E-state index is 4.69. The predicted molar refractivity (Wildman–Crippen MR) is 175 cm³/mol. The summed E-state index contributed by atoms with van der Waals surface area (Å²) in [7, 11) is 0. The molecule has 10 rings (SSSR count). The zero-order valence-corrected chi connectivity index (χ0v) is 23.3. The van der Waals surface area contributed by atoms with E-state index in [2.05, 4.69) is 101 Å². The van der Waals surface area contributed by atoms with E-state index < -0.39 is 0 Å². The SMILES string of the molecule is c1ccc2c(c1)sc1ccc(-n3c4ccccc4c4c5sc6ncncc6c5c5sc6ccccc6c5c43)cc12. The third kappa shape index (κ3) is 2.63. The van der Waals surface area contributed by atoms with Crippen molar-refractivity contribution in [3.8, 4) is 5.69 Å². The zero-order valence-electron chi connectivity index (χ0n) is 20.9. The van der Waals surface area contributed by atoms with E-state index in [9.17, 15) is 0 Å². The van der Waals surface area contributed by atoms with Crippen LogP contribution in [0.5, 0.6) is 0 Å².